The number of pyridine rings is 1. The van der Waals surface area contributed by atoms with Crippen LogP contribution in [0.4, 0.5) is 0 Å². The van der Waals surface area contributed by atoms with E-state index >= 15 is 0 Å². The molecule has 2 rings (SSSR count). The van der Waals surface area contributed by atoms with Gasteiger partial charge in [-0.2, -0.15) is 0 Å². The molecule has 0 aliphatic carbocycles. The Hall–Kier alpha value is -1.68. The average Bonchev–Trinajstić information content (AvgIpc) is 2.81. The Kier molecular flexibility index (Phi) is 3.31. The van der Waals surface area contributed by atoms with E-state index < -0.39 is 0 Å². The highest BCUT2D eigenvalue weighted by atomic mass is 32.1. The second-order valence-corrected chi connectivity index (χ2v) is 4.42. The Morgan fingerprint density at radius 1 is 1.44 bits per heavy atom. The summed E-state index contributed by atoms with van der Waals surface area (Å²) in [5.74, 6) is -0.0319. The standard InChI is InChI=1S/C12H12N2OS/c1-9-4-5-10(7-13-9)8-14-12(15)11-3-2-6-16-11/h2-7H,8H2,1H3,(H,14,15). The molecule has 0 aliphatic heterocycles. The molecular weight excluding hydrogens is 220 g/mol. The van der Waals surface area contributed by atoms with Crippen molar-refractivity contribution >= 4 is 17.2 Å². The zero-order valence-corrected chi connectivity index (χ0v) is 9.75. The lowest BCUT2D eigenvalue weighted by atomic mass is 10.2. The summed E-state index contributed by atoms with van der Waals surface area (Å²) in [5, 5.41) is 4.74. The lowest BCUT2D eigenvalue weighted by Gasteiger charge is -2.03. The van der Waals surface area contributed by atoms with Gasteiger partial charge >= 0.3 is 0 Å². The summed E-state index contributed by atoms with van der Waals surface area (Å²) in [6.07, 6.45) is 1.78. The van der Waals surface area contributed by atoms with Crippen LogP contribution in [0.2, 0.25) is 0 Å². The average molecular weight is 232 g/mol. The number of nitrogens with zero attached hydrogens (tertiary/aromatic N) is 1. The molecule has 2 aromatic heterocycles. The third-order valence-electron chi connectivity index (χ3n) is 2.17. The third-order valence-corrected chi connectivity index (χ3v) is 3.04. The fourth-order valence-electron chi connectivity index (χ4n) is 1.28. The Morgan fingerprint density at radius 3 is 2.94 bits per heavy atom. The maximum Gasteiger partial charge on any atom is 0.261 e. The highest BCUT2D eigenvalue weighted by Crippen LogP contribution is 2.08. The number of hydrogen-bond acceptors (Lipinski definition) is 3. The van der Waals surface area contributed by atoms with E-state index in [1.165, 1.54) is 11.3 Å². The maximum atomic E-state index is 11.6. The first-order valence-electron chi connectivity index (χ1n) is 4.99. The van der Waals surface area contributed by atoms with E-state index in [9.17, 15) is 4.79 Å². The number of nitrogens with one attached hydrogen (secondary N) is 1. The zero-order valence-electron chi connectivity index (χ0n) is 8.93. The van der Waals surface area contributed by atoms with Gasteiger partial charge in [0.15, 0.2) is 0 Å². The summed E-state index contributed by atoms with van der Waals surface area (Å²) in [6.45, 7) is 2.46. The Morgan fingerprint density at radius 2 is 2.31 bits per heavy atom. The van der Waals surface area contributed by atoms with Crippen LogP contribution in [0.1, 0.15) is 20.9 Å². The molecule has 2 heterocycles. The first kappa shape index (κ1) is 10.8. The predicted octanol–water partition coefficient (Wildman–Crippen LogP) is 2.38. The van der Waals surface area contributed by atoms with E-state index in [1.54, 1.807) is 6.20 Å². The summed E-state index contributed by atoms with van der Waals surface area (Å²) >= 11 is 1.44. The van der Waals surface area contributed by atoms with Crippen LogP contribution < -0.4 is 5.32 Å². The van der Waals surface area contributed by atoms with Crippen LogP contribution in [0.25, 0.3) is 0 Å². The normalized spacial score (nSPS) is 10.1. The molecule has 0 spiro atoms. The lowest BCUT2D eigenvalue weighted by Crippen LogP contribution is -2.21. The molecule has 4 heteroatoms. The quantitative estimate of drug-likeness (QED) is 0.882. The molecule has 0 radical (unpaired) electrons. The molecule has 3 nitrogen and oxygen atoms in total. The predicted molar refractivity (Wildman–Crippen MR) is 64.5 cm³/mol. The van der Waals surface area contributed by atoms with E-state index in [0.29, 0.717) is 6.54 Å². The van der Waals surface area contributed by atoms with Crippen LogP contribution in [0.5, 0.6) is 0 Å². The molecule has 0 saturated heterocycles. The zero-order chi connectivity index (χ0) is 11.4. The fourth-order valence-corrected chi connectivity index (χ4v) is 1.92. The molecule has 16 heavy (non-hydrogen) atoms. The van der Waals surface area contributed by atoms with Crippen molar-refractivity contribution in [2.24, 2.45) is 0 Å². The first-order chi connectivity index (χ1) is 7.75. The largest absolute Gasteiger partial charge is 0.347 e. The second kappa shape index (κ2) is 4.90. The lowest BCUT2D eigenvalue weighted by molar-refractivity contribution is 0.0955. The Labute approximate surface area is 98.2 Å². The molecule has 82 valence electrons. The van der Waals surface area contributed by atoms with Crippen molar-refractivity contribution in [2.75, 3.05) is 0 Å². The van der Waals surface area contributed by atoms with Gasteiger partial charge in [-0.3, -0.25) is 9.78 Å². The molecule has 0 saturated carbocycles. The van der Waals surface area contributed by atoms with Crippen molar-refractivity contribution in [3.63, 3.8) is 0 Å². The molecule has 0 fully saturated rings. The third kappa shape index (κ3) is 2.67. The SMILES string of the molecule is Cc1ccc(CNC(=O)c2cccs2)cn1. The molecule has 1 amide bonds. The van der Waals surface area contributed by atoms with E-state index in [-0.39, 0.29) is 5.91 Å². The summed E-state index contributed by atoms with van der Waals surface area (Å²) in [4.78, 5) is 16.5. The van der Waals surface area contributed by atoms with Gasteiger partial charge in [0.1, 0.15) is 0 Å². The van der Waals surface area contributed by atoms with E-state index in [0.717, 1.165) is 16.1 Å². The van der Waals surface area contributed by atoms with Gasteiger partial charge < -0.3 is 5.32 Å². The van der Waals surface area contributed by atoms with Crippen LogP contribution in [-0.2, 0) is 6.54 Å². The number of rotatable bonds is 3. The van der Waals surface area contributed by atoms with E-state index in [1.807, 2.05) is 36.6 Å². The minimum atomic E-state index is -0.0319. The number of amides is 1. The van der Waals surface area contributed by atoms with Gasteiger partial charge in [0, 0.05) is 18.4 Å². The molecule has 1 N–H and O–H groups in total. The highest BCUT2D eigenvalue weighted by molar-refractivity contribution is 7.12. The van der Waals surface area contributed by atoms with Crippen LogP contribution in [-0.4, -0.2) is 10.9 Å². The fraction of sp³-hybridized carbons (Fsp3) is 0.167. The smallest absolute Gasteiger partial charge is 0.261 e. The number of aromatic nitrogens is 1. The topological polar surface area (TPSA) is 42.0 Å². The van der Waals surface area contributed by atoms with E-state index in [2.05, 4.69) is 10.3 Å². The number of thiophene rings is 1. The van der Waals surface area contributed by atoms with Crippen molar-refractivity contribution in [3.8, 4) is 0 Å². The number of aryl methyl sites for hydroxylation is 1. The molecule has 2 aromatic rings. The molecule has 0 bridgehead atoms. The van der Waals surface area contributed by atoms with Crippen molar-refractivity contribution in [3.05, 3.63) is 52.0 Å². The monoisotopic (exact) mass is 232 g/mol. The van der Waals surface area contributed by atoms with Gasteiger partial charge in [0.25, 0.3) is 5.91 Å². The summed E-state index contributed by atoms with van der Waals surface area (Å²) < 4.78 is 0. The van der Waals surface area contributed by atoms with Gasteiger partial charge in [-0.1, -0.05) is 12.1 Å². The number of carbonyl (C=O) groups excluding carboxylic acids is 1. The first-order valence-corrected chi connectivity index (χ1v) is 5.87. The van der Waals surface area contributed by atoms with Gasteiger partial charge in [-0.05, 0) is 30.0 Å². The van der Waals surface area contributed by atoms with Crippen molar-refractivity contribution < 1.29 is 4.79 Å². The second-order valence-electron chi connectivity index (χ2n) is 3.47. The van der Waals surface area contributed by atoms with Crippen LogP contribution >= 0.6 is 11.3 Å². The molecule has 0 atom stereocenters. The molecule has 0 aliphatic rings. The van der Waals surface area contributed by atoms with Crippen molar-refractivity contribution in [1.82, 2.24) is 10.3 Å². The van der Waals surface area contributed by atoms with Gasteiger partial charge in [-0.25, -0.2) is 0 Å². The van der Waals surface area contributed by atoms with Crippen LogP contribution in [0.3, 0.4) is 0 Å². The summed E-state index contributed by atoms with van der Waals surface area (Å²) in [5.41, 5.74) is 1.99. The summed E-state index contributed by atoms with van der Waals surface area (Å²) in [7, 11) is 0. The molecule has 0 unspecified atom stereocenters. The van der Waals surface area contributed by atoms with Crippen molar-refractivity contribution in [1.29, 1.82) is 0 Å². The minimum absolute atomic E-state index is 0.0319. The Bertz CT molecular complexity index is 462. The van der Waals surface area contributed by atoms with Gasteiger partial charge in [0.05, 0.1) is 4.88 Å². The van der Waals surface area contributed by atoms with Gasteiger partial charge in [0.2, 0.25) is 0 Å². The Balaban J connectivity index is 1.93. The maximum absolute atomic E-state index is 11.6. The molecular formula is C12H12N2OS. The van der Waals surface area contributed by atoms with E-state index in [4.69, 9.17) is 0 Å². The highest BCUT2D eigenvalue weighted by Gasteiger charge is 2.05. The van der Waals surface area contributed by atoms with Crippen LogP contribution in [0, 0.1) is 6.92 Å². The number of hydrogen-bond donors (Lipinski definition) is 1. The van der Waals surface area contributed by atoms with Crippen LogP contribution in [0.15, 0.2) is 35.8 Å². The molecule has 0 aromatic carbocycles. The minimum Gasteiger partial charge on any atom is -0.347 e. The summed E-state index contributed by atoms with van der Waals surface area (Å²) in [6, 6.07) is 7.59. The number of carbonyl (C=O) groups is 1. The van der Waals surface area contributed by atoms with Gasteiger partial charge in [-0.15, -0.1) is 11.3 Å². The van der Waals surface area contributed by atoms with Crippen molar-refractivity contribution in [2.45, 2.75) is 13.5 Å².